The van der Waals surface area contributed by atoms with Gasteiger partial charge in [0.2, 0.25) is 0 Å². The van der Waals surface area contributed by atoms with Gasteiger partial charge in [-0.15, -0.1) is 0 Å². The summed E-state index contributed by atoms with van der Waals surface area (Å²) in [6.45, 7) is 5.29. The van der Waals surface area contributed by atoms with E-state index < -0.39 is 0 Å². The molecule has 1 aliphatic heterocycles. The fourth-order valence-electron chi connectivity index (χ4n) is 3.12. The molecule has 0 spiro atoms. The quantitative estimate of drug-likeness (QED) is 0.844. The van der Waals surface area contributed by atoms with Crippen LogP contribution >= 0.6 is 0 Å². The van der Waals surface area contributed by atoms with Gasteiger partial charge in [0.1, 0.15) is 6.61 Å². The van der Waals surface area contributed by atoms with E-state index in [1.54, 1.807) is 4.90 Å². The van der Waals surface area contributed by atoms with Gasteiger partial charge in [0, 0.05) is 17.8 Å². The second-order valence-corrected chi connectivity index (χ2v) is 6.37. The minimum absolute atomic E-state index is 0.0457. The van der Waals surface area contributed by atoms with E-state index >= 15 is 0 Å². The monoisotopic (exact) mass is 340 g/mol. The number of nitrogens with one attached hydrogen (secondary N) is 1. The summed E-state index contributed by atoms with van der Waals surface area (Å²) in [6.07, 6.45) is -0.285. The maximum atomic E-state index is 11.7. The average Bonchev–Trinajstić information content (AvgIpc) is 3.07. The molecule has 2 N–H and O–H groups in total. The van der Waals surface area contributed by atoms with Gasteiger partial charge in [0.15, 0.2) is 0 Å². The largest absolute Gasteiger partial charge is 0.447 e. The molecule has 0 aliphatic carbocycles. The van der Waals surface area contributed by atoms with Gasteiger partial charge >= 0.3 is 6.09 Å². The molecule has 0 saturated carbocycles. The summed E-state index contributed by atoms with van der Waals surface area (Å²) < 4.78 is 5.02. The van der Waals surface area contributed by atoms with Crippen LogP contribution in [-0.2, 0) is 11.3 Å². The molecule has 5 nitrogen and oxygen atoms in total. The Morgan fingerprint density at radius 3 is 2.44 bits per heavy atom. The predicted molar refractivity (Wildman–Crippen MR) is 97.5 cm³/mol. The molecule has 25 heavy (non-hydrogen) atoms. The molecule has 2 aromatic carbocycles. The Bertz CT molecular complexity index is 747. The topological polar surface area (TPSA) is 61.8 Å². The second kappa shape index (κ2) is 7.68. The van der Waals surface area contributed by atoms with Crippen LogP contribution in [0.4, 0.5) is 10.5 Å². The summed E-state index contributed by atoms with van der Waals surface area (Å²) in [5.74, 6) is 0. The van der Waals surface area contributed by atoms with E-state index in [1.165, 1.54) is 0 Å². The van der Waals surface area contributed by atoms with Crippen LogP contribution in [0.25, 0.3) is 0 Å². The van der Waals surface area contributed by atoms with E-state index in [0.717, 1.165) is 22.4 Å². The highest BCUT2D eigenvalue weighted by Crippen LogP contribution is 2.25. The first-order valence-electron chi connectivity index (χ1n) is 8.58. The zero-order valence-corrected chi connectivity index (χ0v) is 14.6. The standard InChI is InChI=1S/C20H24N2O3/c1-14(17-6-3-5-16(11-17)13-23)21-15(2)18-7-4-8-19(12-18)22-9-10-25-20(22)24/h3-8,11-12,14-15,21,23H,9-10,13H2,1-2H3. The highest BCUT2D eigenvalue weighted by Gasteiger charge is 2.24. The lowest BCUT2D eigenvalue weighted by atomic mass is 10.0. The molecule has 1 amide bonds. The van der Waals surface area contributed by atoms with Gasteiger partial charge < -0.3 is 15.2 Å². The summed E-state index contributed by atoms with van der Waals surface area (Å²) in [5.41, 5.74) is 4.02. The SMILES string of the molecule is CC(NC(C)c1cccc(N2CCOC2=O)c1)c1cccc(CO)c1. The lowest BCUT2D eigenvalue weighted by Crippen LogP contribution is -2.25. The van der Waals surface area contributed by atoms with E-state index in [9.17, 15) is 9.90 Å². The van der Waals surface area contributed by atoms with E-state index in [0.29, 0.717) is 13.2 Å². The first-order valence-corrected chi connectivity index (χ1v) is 8.58. The molecule has 1 heterocycles. The van der Waals surface area contributed by atoms with Crippen molar-refractivity contribution < 1.29 is 14.6 Å². The van der Waals surface area contributed by atoms with Crippen LogP contribution in [0.15, 0.2) is 48.5 Å². The van der Waals surface area contributed by atoms with E-state index in [2.05, 4.69) is 31.3 Å². The predicted octanol–water partition coefficient (Wildman–Crippen LogP) is 3.55. The number of cyclic esters (lactones) is 1. The van der Waals surface area contributed by atoms with Crippen LogP contribution in [0, 0.1) is 0 Å². The van der Waals surface area contributed by atoms with Gasteiger partial charge in [0.25, 0.3) is 0 Å². The minimum atomic E-state index is -0.285. The molecule has 3 rings (SSSR count). The number of benzene rings is 2. The van der Waals surface area contributed by atoms with Crippen molar-refractivity contribution in [1.29, 1.82) is 0 Å². The molecule has 2 aromatic rings. The van der Waals surface area contributed by atoms with Crippen molar-refractivity contribution in [3.8, 4) is 0 Å². The number of anilines is 1. The van der Waals surface area contributed by atoms with Gasteiger partial charge in [-0.25, -0.2) is 4.79 Å². The van der Waals surface area contributed by atoms with Crippen LogP contribution in [0.3, 0.4) is 0 Å². The number of carbonyl (C=O) groups excluding carboxylic acids is 1. The molecule has 0 bridgehead atoms. The maximum absolute atomic E-state index is 11.7. The van der Waals surface area contributed by atoms with Gasteiger partial charge in [-0.05, 0) is 42.7 Å². The number of aliphatic hydroxyl groups is 1. The summed E-state index contributed by atoms with van der Waals surface area (Å²) in [4.78, 5) is 13.4. The summed E-state index contributed by atoms with van der Waals surface area (Å²) in [7, 11) is 0. The van der Waals surface area contributed by atoms with Crippen LogP contribution in [0.2, 0.25) is 0 Å². The van der Waals surface area contributed by atoms with E-state index in [4.69, 9.17) is 4.74 Å². The zero-order valence-electron chi connectivity index (χ0n) is 14.6. The highest BCUT2D eigenvalue weighted by atomic mass is 16.6. The lowest BCUT2D eigenvalue weighted by molar-refractivity contribution is 0.181. The van der Waals surface area contributed by atoms with Crippen LogP contribution < -0.4 is 10.2 Å². The third-order valence-electron chi connectivity index (χ3n) is 4.58. The highest BCUT2D eigenvalue weighted by molar-refractivity contribution is 5.89. The Balaban J connectivity index is 1.72. The molecule has 5 heteroatoms. The fourth-order valence-corrected chi connectivity index (χ4v) is 3.12. The number of aliphatic hydroxyl groups excluding tert-OH is 1. The molecule has 0 aromatic heterocycles. The van der Waals surface area contributed by atoms with Gasteiger partial charge in [-0.2, -0.15) is 0 Å². The number of hydrogen-bond donors (Lipinski definition) is 2. The molecule has 2 atom stereocenters. The summed E-state index contributed by atoms with van der Waals surface area (Å²) in [5, 5.41) is 12.9. The summed E-state index contributed by atoms with van der Waals surface area (Å²) in [6, 6.07) is 16.2. The lowest BCUT2D eigenvalue weighted by Gasteiger charge is -2.22. The molecule has 1 fully saturated rings. The maximum Gasteiger partial charge on any atom is 0.414 e. The minimum Gasteiger partial charge on any atom is -0.447 e. The molecular weight excluding hydrogens is 316 g/mol. The Morgan fingerprint density at radius 1 is 1.12 bits per heavy atom. The third kappa shape index (κ3) is 4.00. The van der Waals surface area contributed by atoms with E-state index in [-0.39, 0.29) is 24.8 Å². The van der Waals surface area contributed by atoms with Gasteiger partial charge in [0.05, 0.1) is 13.2 Å². The zero-order chi connectivity index (χ0) is 17.8. The molecular formula is C20H24N2O3. The smallest absolute Gasteiger partial charge is 0.414 e. The number of nitrogens with zero attached hydrogens (tertiary/aromatic N) is 1. The van der Waals surface area contributed by atoms with Crippen molar-refractivity contribution in [2.24, 2.45) is 0 Å². The Morgan fingerprint density at radius 2 is 1.80 bits per heavy atom. The molecule has 2 unspecified atom stereocenters. The van der Waals surface area contributed by atoms with E-state index in [1.807, 2.05) is 36.4 Å². The van der Waals surface area contributed by atoms with Crippen molar-refractivity contribution in [3.05, 3.63) is 65.2 Å². The molecule has 1 saturated heterocycles. The first kappa shape index (κ1) is 17.5. The first-order chi connectivity index (χ1) is 12.1. The molecule has 1 aliphatic rings. The van der Waals surface area contributed by atoms with Crippen molar-refractivity contribution in [3.63, 3.8) is 0 Å². The molecule has 132 valence electrons. The number of amides is 1. The number of carbonyl (C=O) groups is 1. The van der Waals surface area contributed by atoms with Crippen molar-refractivity contribution in [1.82, 2.24) is 5.32 Å². The number of rotatable bonds is 6. The van der Waals surface area contributed by atoms with Crippen LogP contribution in [0.5, 0.6) is 0 Å². The third-order valence-corrected chi connectivity index (χ3v) is 4.58. The Hall–Kier alpha value is -2.37. The van der Waals surface area contributed by atoms with Crippen LogP contribution in [-0.4, -0.2) is 24.4 Å². The van der Waals surface area contributed by atoms with Gasteiger partial charge in [-0.1, -0.05) is 36.4 Å². The van der Waals surface area contributed by atoms with Crippen molar-refractivity contribution >= 4 is 11.8 Å². The van der Waals surface area contributed by atoms with Gasteiger partial charge in [-0.3, -0.25) is 4.90 Å². The molecule has 0 radical (unpaired) electrons. The second-order valence-electron chi connectivity index (χ2n) is 6.37. The fraction of sp³-hybridized carbons (Fsp3) is 0.350. The van der Waals surface area contributed by atoms with Crippen molar-refractivity contribution in [2.75, 3.05) is 18.1 Å². The number of ether oxygens (including phenoxy) is 1. The normalized spacial score (nSPS) is 16.6. The summed E-state index contributed by atoms with van der Waals surface area (Å²) >= 11 is 0. The number of hydrogen-bond acceptors (Lipinski definition) is 4. The Kier molecular flexibility index (Phi) is 5.36. The van der Waals surface area contributed by atoms with Crippen LogP contribution in [0.1, 0.15) is 42.6 Å². The average molecular weight is 340 g/mol. The van der Waals surface area contributed by atoms with Crippen molar-refractivity contribution in [2.45, 2.75) is 32.5 Å². The Labute approximate surface area is 148 Å².